The summed E-state index contributed by atoms with van der Waals surface area (Å²) in [5.41, 5.74) is 1.30. The lowest BCUT2D eigenvalue weighted by Crippen LogP contribution is -1.89. The van der Waals surface area contributed by atoms with E-state index in [1.54, 1.807) is 30.3 Å². The zero-order valence-corrected chi connectivity index (χ0v) is 7.47. The van der Waals surface area contributed by atoms with Crippen molar-refractivity contribution < 1.29 is 9.90 Å². The maximum atomic E-state index is 10.2. The maximum Gasteiger partial charge on any atom is 0.307 e. The lowest BCUT2D eigenvalue weighted by molar-refractivity contribution is -0.135. The van der Waals surface area contributed by atoms with Crippen molar-refractivity contribution in [2.75, 3.05) is 0 Å². The summed E-state index contributed by atoms with van der Waals surface area (Å²) in [7, 11) is 0. The van der Waals surface area contributed by atoms with Crippen LogP contribution in [-0.4, -0.2) is 11.1 Å². The third kappa shape index (κ3) is 2.76. The average molecular weight is 187 g/mol. The van der Waals surface area contributed by atoms with Gasteiger partial charge in [0.15, 0.2) is 0 Å². The minimum Gasteiger partial charge on any atom is -0.481 e. The summed E-state index contributed by atoms with van der Waals surface area (Å²) in [6.07, 6.45) is 3.14. The van der Waals surface area contributed by atoms with E-state index in [0.717, 1.165) is 5.56 Å². The van der Waals surface area contributed by atoms with Crippen LogP contribution in [0.15, 0.2) is 30.3 Å². The lowest BCUT2D eigenvalue weighted by Gasteiger charge is -1.94. The lowest BCUT2D eigenvalue weighted by atomic mass is 10.1. The fraction of sp³-hybridized carbons (Fsp3) is 0.0909. The second-order valence-corrected chi connectivity index (χ2v) is 2.70. The molecule has 0 heterocycles. The van der Waals surface area contributed by atoms with Gasteiger partial charge in [-0.05, 0) is 11.6 Å². The molecule has 0 amide bonds. The van der Waals surface area contributed by atoms with E-state index >= 15 is 0 Å². The summed E-state index contributed by atoms with van der Waals surface area (Å²) >= 11 is 0. The van der Waals surface area contributed by atoms with Gasteiger partial charge < -0.3 is 5.11 Å². The second kappa shape index (κ2) is 4.83. The van der Waals surface area contributed by atoms with Gasteiger partial charge in [0.1, 0.15) is 0 Å². The Morgan fingerprint density at radius 1 is 1.50 bits per heavy atom. The van der Waals surface area contributed by atoms with E-state index in [2.05, 4.69) is 0 Å². The van der Waals surface area contributed by atoms with Crippen LogP contribution in [0.1, 0.15) is 17.5 Å². The molecule has 3 nitrogen and oxygen atoms in total. The quantitative estimate of drug-likeness (QED) is 0.787. The number of hydrogen-bond donors (Lipinski definition) is 1. The Morgan fingerprint density at radius 2 is 2.21 bits per heavy atom. The number of nitriles is 1. The summed E-state index contributed by atoms with van der Waals surface area (Å²) in [6, 6.07) is 9.08. The highest BCUT2D eigenvalue weighted by molar-refractivity contribution is 5.71. The molecular formula is C11H9NO2. The predicted molar refractivity (Wildman–Crippen MR) is 52.4 cm³/mol. The molecule has 3 heteroatoms. The van der Waals surface area contributed by atoms with E-state index in [9.17, 15) is 4.79 Å². The summed E-state index contributed by atoms with van der Waals surface area (Å²) in [4.78, 5) is 10.2. The molecule has 0 unspecified atom stereocenters. The molecule has 0 aliphatic heterocycles. The van der Waals surface area contributed by atoms with Crippen molar-refractivity contribution in [1.29, 1.82) is 5.26 Å². The molecule has 0 aliphatic carbocycles. The smallest absolute Gasteiger partial charge is 0.307 e. The third-order valence-electron chi connectivity index (χ3n) is 1.67. The number of aliphatic carboxylic acids is 1. The van der Waals surface area contributed by atoms with Crippen LogP contribution in [0, 0.1) is 11.3 Å². The summed E-state index contributed by atoms with van der Waals surface area (Å²) in [5.74, 6) is -0.879. The van der Waals surface area contributed by atoms with Crippen LogP contribution in [0.4, 0.5) is 0 Å². The number of rotatable bonds is 3. The molecule has 0 spiro atoms. The maximum absolute atomic E-state index is 10.2. The molecule has 0 aromatic heterocycles. The van der Waals surface area contributed by atoms with Crippen LogP contribution in [0.2, 0.25) is 0 Å². The van der Waals surface area contributed by atoms with E-state index in [0.29, 0.717) is 5.56 Å². The molecule has 1 rings (SSSR count). The summed E-state index contributed by atoms with van der Waals surface area (Å²) < 4.78 is 0. The molecule has 70 valence electrons. The Hall–Kier alpha value is -2.08. The van der Waals surface area contributed by atoms with Gasteiger partial charge in [-0.3, -0.25) is 4.79 Å². The van der Waals surface area contributed by atoms with Crippen molar-refractivity contribution in [2.24, 2.45) is 0 Å². The zero-order valence-electron chi connectivity index (χ0n) is 7.47. The molecule has 0 radical (unpaired) electrons. The van der Waals surface area contributed by atoms with Gasteiger partial charge in [-0.1, -0.05) is 30.4 Å². The first kappa shape index (κ1) is 10.0. The number of carboxylic acid groups (broad SMARTS) is 1. The number of carboxylic acids is 1. The van der Waals surface area contributed by atoms with E-state index in [-0.39, 0.29) is 6.42 Å². The first-order valence-electron chi connectivity index (χ1n) is 4.11. The van der Waals surface area contributed by atoms with Crippen LogP contribution in [0.5, 0.6) is 0 Å². The molecule has 1 N–H and O–H groups in total. The van der Waals surface area contributed by atoms with Gasteiger partial charge in [0.25, 0.3) is 0 Å². The van der Waals surface area contributed by atoms with Crippen LogP contribution < -0.4 is 0 Å². The largest absolute Gasteiger partial charge is 0.481 e. The van der Waals surface area contributed by atoms with E-state index in [1.165, 1.54) is 6.08 Å². The summed E-state index contributed by atoms with van der Waals surface area (Å²) in [6.45, 7) is 0. The van der Waals surface area contributed by atoms with E-state index in [1.807, 2.05) is 6.07 Å². The van der Waals surface area contributed by atoms with Crippen molar-refractivity contribution >= 4 is 12.0 Å². The number of hydrogen-bond acceptors (Lipinski definition) is 2. The summed E-state index contributed by atoms with van der Waals surface area (Å²) in [5, 5.41) is 17.1. The minimum atomic E-state index is -0.879. The van der Waals surface area contributed by atoms with Crippen molar-refractivity contribution in [3.05, 3.63) is 41.5 Å². The third-order valence-corrected chi connectivity index (χ3v) is 1.67. The topological polar surface area (TPSA) is 61.1 Å². The minimum absolute atomic E-state index is 0.0280. The Morgan fingerprint density at radius 3 is 2.86 bits per heavy atom. The van der Waals surface area contributed by atoms with Gasteiger partial charge in [-0.15, -0.1) is 0 Å². The van der Waals surface area contributed by atoms with Gasteiger partial charge in [-0.2, -0.15) is 5.26 Å². The fourth-order valence-electron chi connectivity index (χ4n) is 1.03. The van der Waals surface area contributed by atoms with Crippen LogP contribution >= 0.6 is 0 Å². The van der Waals surface area contributed by atoms with Gasteiger partial charge in [0.2, 0.25) is 0 Å². The molecular weight excluding hydrogens is 178 g/mol. The highest BCUT2D eigenvalue weighted by Crippen LogP contribution is 2.09. The van der Waals surface area contributed by atoms with Gasteiger partial charge in [-0.25, -0.2) is 0 Å². The van der Waals surface area contributed by atoms with E-state index in [4.69, 9.17) is 10.4 Å². The fourth-order valence-corrected chi connectivity index (χ4v) is 1.03. The second-order valence-electron chi connectivity index (χ2n) is 2.70. The SMILES string of the molecule is N#Cc1ccccc1/C=C/CC(=O)O. The molecule has 14 heavy (non-hydrogen) atoms. The highest BCUT2D eigenvalue weighted by Gasteiger charge is 1.96. The van der Waals surface area contributed by atoms with Crippen molar-refractivity contribution in [3.8, 4) is 6.07 Å². The van der Waals surface area contributed by atoms with Crippen LogP contribution in [0.3, 0.4) is 0 Å². The number of nitrogens with zero attached hydrogens (tertiary/aromatic N) is 1. The average Bonchev–Trinajstić information content (AvgIpc) is 2.18. The van der Waals surface area contributed by atoms with Crippen molar-refractivity contribution in [3.63, 3.8) is 0 Å². The van der Waals surface area contributed by atoms with Gasteiger partial charge in [0.05, 0.1) is 18.1 Å². The highest BCUT2D eigenvalue weighted by atomic mass is 16.4. The molecule has 1 aromatic rings. The normalized spacial score (nSPS) is 9.93. The molecule has 0 atom stereocenters. The number of benzene rings is 1. The monoisotopic (exact) mass is 187 g/mol. The van der Waals surface area contributed by atoms with Gasteiger partial charge in [0, 0.05) is 0 Å². The van der Waals surface area contributed by atoms with Crippen molar-refractivity contribution in [2.45, 2.75) is 6.42 Å². The Balaban J connectivity index is 2.81. The molecule has 1 aromatic carbocycles. The standard InChI is InChI=1S/C11H9NO2/c12-8-10-5-2-1-4-9(10)6-3-7-11(13)14/h1-6H,7H2,(H,13,14)/b6-3+. The predicted octanol–water partition coefficient (Wildman–Crippen LogP) is 2.05. The Kier molecular flexibility index (Phi) is 3.45. The molecule has 0 fully saturated rings. The number of carbonyl (C=O) groups is 1. The zero-order chi connectivity index (χ0) is 10.4. The Bertz CT molecular complexity index is 402. The molecule has 0 bridgehead atoms. The van der Waals surface area contributed by atoms with Crippen molar-refractivity contribution in [1.82, 2.24) is 0 Å². The molecule has 0 saturated heterocycles. The molecule has 0 saturated carbocycles. The van der Waals surface area contributed by atoms with Crippen LogP contribution in [-0.2, 0) is 4.79 Å². The Labute approximate surface area is 81.9 Å². The van der Waals surface area contributed by atoms with E-state index < -0.39 is 5.97 Å². The van der Waals surface area contributed by atoms with Crippen LogP contribution in [0.25, 0.3) is 6.08 Å². The first-order chi connectivity index (χ1) is 6.74. The molecule has 0 aliphatic rings. The first-order valence-corrected chi connectivity index (χ1v) is 4.11. The van der Waals surface area contributed by atoms with Gasteiger partial charge >= 0.3 is 5.97 Å².